The van der Waals surface area contributed by atoms with Crippen LogP contribution in [0.2, 0.25) is 0 Å². The lowest BCUT2D eigenvalue weighted by molar-refractivity contribution is -0.137. The van der Waals surface area contributed by atoms with Gasteiger partial charge in [0.25, 0.3) is 5.91 Å². The summed E-state index contributed by atoms with van der Waals surface area (Å²) in [6, 6.07) is 5.21. The van der Waals surface area contributed by atoms with Gasteiger partial charge in [-0.25, -0.2) is 0 Å². The Labute approximate surface area is 138 Å². The van der Waals surface area contributed by atoms with Gasteiger partial charge in [0.15, 0.2) is 0 Å². The summed E-state index contributed by atoms with van der Waals surface area (Å²) < 4.78 is 1.86. The lowest BCUT2D eigenvalue weighted by Gasteiger charge is -2.14. The molecule has 0 radical (unpaired) electrons. The molecule has 0 aliphatic heterocycles. The molecular formula is C16H19N3O3S. The number of aliphatic carboxylic acids is 1. The van der Waals surface area contributed by atoms with E-state index in [1.54, 1.807) is 6.07 Å². The minimum Gasteiger partial charge on any atom is -0.481 e. The number of aromatic nitrogens is 2. The van der Waals surface area contributed by atoms with Crippen molar-refractivity contribution in [3.8, 4) is 0 Å². The fourth-order valence-electron chi connectivity index (χ4n) is 2.95. The molecule has 2 N–H and O–H groups in total. The predicted molar refractivity (Wildman–Crippen MR) is 86.5 cm³/mol. The summed E-state index contributed by atoms with van der Waals surface area (Å²) in [5.41, 5.74) is 0.337. The van der Waals surface area contributed by atoms with Gasteiger partial charge in [-0.2, -0.15) is 5.10 Å². The minimum atomic E-state index is -0.944. The molecule has 0 bridgehead atoms. The van der Waals surface area contributed by atoms with Gasteiger partial charge in [0, 0.05) is 11.1 Å². The van der Waals surface area contributed by atoms with E-state index < -0.39 is 12.0 Å². The van der Waals surface area contributed by atoms with E-state index in [0.29, 0.717) is 11.7 Å². The van der Waals surface area contributed by atoms with Crippen LogP contribution in [-0.2, 0) is 4.79 Å². The number of carbonyl (C=O) groups is 2. The molecule has 2 aromatic heterocycles. The summed E-state index contributed by atoms with van der Waals surface area (Å²) in [6.45, 7) is 0. The number of carboxylic acid groups (broad SMARTS) is 1. The molecule has 1 aliphatic rings. The average molecular weight is 333 g/mol. The average Bonchev–Trinajstić information content (AvgIpc) is 3.25. The molecule has 3 rings (SSSR count). The SMILES string of the molecule is O=C(O)CC(NC(=O)c1ccn(C2CCCC2)n1)c1cccs1. The maximum Gasteiger partial charge on any atom is 0.305 e. The van der Waals surface area contributed by atoms with Gasteiger partial charge in [-0.1, -0.05) is 18.9 Å². The molecule has 2 aromatic rings. The van der Waals surface area contributed by atoms with Crippen molar-refractivity contribution in [1.82, 2.24) is 15.1 Å². The molecule has 23 heavy (non-hydrogen) atoms. The van der Waals surface area contributed by atoms with Crippen LogP contribution in [0, 0.1) is 0 Å². The molecule has 0 spiro atoms. The molecule has 1 saturated carbocycles. The molecule has 1 atom stereocenters. The van der Waals surface area contributed by atoms with Crippen LogP contribution in [0.25, 0.3) is 0 Å². The van der Waals surface area contributed by atoms with E-state index in [1.165, 1.54) is 24.2 Å². The van der Waals surface area contributed by atoms with Crippen LogP contribution < -0.4 is 5.32 Å². The predicted octanol–water partition coefficient (Wildman–Crippen LogP) is 3.01. The number of hydrogen-bond acceptors (Lipinski definition) is 4. The molecule has 0 aromatic carbocycles. The number of rotatable bonds is 6. The first-order valence-electron chi connectivity index (χ1n) is 7.74. The first-order chi connectivity index (χ1) is 11.1. The molecule has 6 nitrogen and oxygen atoms in total. The van der Waals surface area contributed by atoms with Crippen LogP contribution >= 0.6 is 11.3 Å². The van der Waals surface area contributed by atoms with Gasteiger partial charge < -0.3 is 10.4 Å². The van der Waals surface area contributed by atoms with E-state index >= 15 is 0 Å². The Balaban J connectivity index is 1.70. The number of nitrogens with one attached hydrogen (secondary N) is 1. The number of nitrogens with zero attached hydrogens (tertiary/aromatic N) is 2. The molecule has 7 heteroatoms. The van der Waals surface area contributed by atoms with Gasteiger partial charge in [-0.15, -0.1) is 11.3 Å². The molecule has 0 saturated heterocycles. The third-order valence-corrected chi connectivity index (χ3v) is 5.10. The van der Waals surface area contributed by atoms with Crippen molar-refractivity contribution < 1.29 is 14.7 Å². The van der Waals surface area contributed by atoms with Crippen molar-refractivity contribution in [1.29, 1.82) is 0 Å². The largest absolute Gasteiger partial charge is 0.481 e. The maximum atomic E-state index is 12.4. The quantitative estimate of drug-likeness (QED) is 0.851. The number of hydrogen-bond donors (Lipinski definition) is 2. The molecule has 1 amide bonds. The molecule has 1 unspecified atom stereocenters. The monoisotopic (exact) mass is 333 g/mol. The third kappa shape index (κ3) is 3.79. The highest BCUT2D eigenvalue weighted by molar-refractivity contribution is 7.10. The zero-order chi connectivity index (χ0) is 16.2. The summed E-state index contributed by atoms with van der Waals surface area (Å²) in [6.07, 6.45) is 6.28. The first-order valence-corrected chi connectivity index (χ1v) is 8.62. The lowest BCUT2D eigenvalue weighted by atomic mass is 10.1. The topological polar surface area (TPSA) is 84.2 Å². The lowest BCUT2D eigenvalue weighted by Crippen LogP contribution is -2.30. The molecule has 1 aliphatic carbocycles. The van der Waals surface area contributed by atoms with Crippen molar-refractivity contribution >= 4 is 23.2 Å². The van der Waals surface area contributed by atoms with Crippen LogP contribution in [0.1, 0.15) is 59.6 Å². The van der Waals surface area contributed by atoms with E-state index in [1.807, 2.05) is 28.4 Å². The van der Waals surface area contributed by atoms with Crippen LogP contribution in [0.5, 0.6) is 0 Å². The van der Waals surface area contributed by atoms with Gasteiger partial charge in [0.1, 0.15) is 5.69 Å². The number of amides is 1. The van der Waals surface area contributed by atoms with Gasteiger partial charge in [0.05, 0.1) is 18.5 Å². The highest BCUT2D eigenvalue weighted by atomic mass is 32.1. The highest BCUT2D eigenvalue weighted by Gasteiger charge is 2.23. The van der Waals surface area contributed by atoms with Crippen molar-refractivity contribution in [2.45, 2.75) is 44.2 Å². The maximum absolute atomic E-state index is 12.4. The van der Waals surface area contributed by atoms with Crippen molar-refractivity contribution in [2.24, 2.45) is 0 Å². The van der Waals surface area contributed by atoms with Crippen molar-refractivity contribution in [3.63, 3.8) is 0 Å². The Morgan fingerprint density at radius 3 is 2.83 bits per heavy atom. The highest BCUT2D eigenvalue weighted by Crippen LogP contribution is 2.29. The Kier molecular flexibility index (Phi) is 4.76. The van der Waals surface area contributed by atoms with Crippen LogP contribution in [0.15, 0.2) is 29.8 Å². The summed E-state index contributed by atoms with van der Waals surface area (Å²) >= 11 is 1.43. The van der Waals surface area contributed by atoms with Crippen LogP contribution in [-0.4, -0.2) is 26.8 Å². The van der Waals surface area contributed by atoms with Gasteiger partial charge in [0.2, 0.25) is 0 Å². The van der Waals surface area contributed by atoms with E-state index in [0.717, 1.165) is 17.7 Å². The van der Waals surface area contributed by atoms with Gasteiger partial charge in [-0.05, 0) is 30.4 Å². The van der Waals surface area contributed by atoms with Gasteiger partial charge >= 0.3 is 5.97 Å². The Bertz CT molecular complexity index is 675. The van der Waals surface area contributed by atoms with Gasteiger partial charge in [-0.3, -0.25) is 14.3 Å². The standard InChI is InChI=1S/C16H19N3O3S/c20-15(21)10-13(14-6-3-9-23-14)17-16(22)12-7-8-19(18-12)11-4-1-2-5-11/h3,6-9,11,13H,1-2,4-5,10H2,(H,17,22)(H,20,21). The van der Waals surface area contributed by atoms with E-state index in [2.05, 4.69) is 10.4 Å². The zero-order valence-electron chi connectivity index (χ0n) is 12.6. The molecule has 122 valence electrons. The number of thiophene rings is 1. The normalized spacial score (nSPS) is 16.3. The summed E-state index contributed by atoms with van der Waals surface area (Å²) in [5.74, 6) is -1.28. The molecule has 1 fully saturated rings. The minimum absolute atomic E-state index is 0.143. The summed E-state index contributed by atoms with van der Waals surface area (Å²) in [4.78, 5) is 24.2. The number of carbonyl (C=O) groups excluding carboxylic acids is 1. The molecular weight excluding hydrogens is 314 g/mol. The second-order valence-electron chi connectivity index (χ2n) is 5.76. The molecule has 2 heterocycles. The smallest absolute Gasteiger partial charge is 0.305 e. The Hall–Kier alpha value is -2.15. The fourth-order valence-corrected chi connectivity index (χ4v) is 3.73. The zero-order valence-corrected chi connectivity index (χ0v) is 13.5. The first kappa shape index (κ1) is 15.7. The van der Waals surface area contributed by atoms with Crippen LogP contribution in [0.4, 0.5) is 0 Å². The van der Waals surface area contributed by atoms with E-state index in [4.69, 9.17) is 5.11 Å². The van der Waals surface area contributed by atoms with E-state index in [9.17, 15) is 9.59 Å². The number of carboxylic acids is 1. The Morgan fingerprint density at radius 1 is 1.39 bits per heavy atom. The van der Waals surface area contributed by atoms with Crippen molar-refractivity contribution in [2.75, 3.05) is 0 Å². The second-order valence-corrected chi connectivity index (χ2v) is 6.74. The summed E-state index contributed by atoms with van der Waals surface area (Å²) in [5, 5.41) is 18.1. The third-order valence-electron chi connectivity index (χ3n) is 4.11. The second kappa shape index (κ2) is 6.95. The fraction of sp³-hybridized carbons (Fsp3) is 0.438. The summed E-state index contributed by atoms with van der Waals surface area (Å²) in [7, 11) is 0. The van der Waals surface area contributed by atoms with Crippen molar-refractivity contribution in [3.05, 3.63) is 40.3 Å². The van der Waals surface area contributed by atoms with E-state index in [-0.39, 0.29) is 12.3 Å². The Morgan fingerprint density at radius 2 is 2.17 bits per heavy atom. The van der Waals surface area contributed by atoms with Crippen LogP contribution in [0.3, 0.4) is 0 Å².